The van der Waals surface area contributed by atoms with E-state index in [0.717, 1.165) is 28.9 Å². The van der Waals surface area contributed by atoms with Crippen molar-refractivity contribution >= 4 is 17.9 Å². The molecule has 2 aromatic carbocycles. The maximum Gasteiger partial charge on any atom is 0.151 e. The molecule has 0 radical (unpaired) electrons. The summed E-state index contributed by atoms with van der Waals surface area (Å²) in [6, 6.07) is 10.8. The van der Waals surface area contributed by atoms with E-state index in [4.69, 9.17) is 21.1 Å². The number of carbonyl (C=O) groups excluding carboxylic acids is 1. The molecule has 0 saturated heterocycles. The zero-order valence-electron chi connectivity index (χ0n) is 10.6. The molecule has 2 aromatic rings. The van der Waals surface area contributed by atoms with Crippen molar-refractivity contribution < 1.29 is 14.3 Å². The molecular formula is C15H13ClO3. The summed E-state index contributed by atoms with van der Waals surface area (Å²) in [5.41, 5.74) is 2.19. The zero-order valence-corrected chi connectivity index (χ0v) is 11.4. The third-order valence-electron chi connectivity index (χ3n) is 2.85. The molecule has 0 bridgehead atoms. The number of aldehydes is 1. The van der Waals surface area contributed by atoms with Crippen LogP contribution in [0.3, 0.4) is 0 Å². The van der Waals surface area contributed by atoms with Crippen LogP contribution in [0.2, 0.25) is 5.02 Å². The van der Waals surface area contributed by atoms with E-state index in [2.05, 4.69) is 0 Å². The first kappa shape index (κ1) is 13.4. The highest BCUT2D eigenvalue weighted by Crippen LogP contribution is 2.35. The third kappa shape index (κ3) is 2.71. The van der Waals surface area contributed by atoms with Gasteiger partial charge in [0.1, 0.15) is 11.5 Å². The maximum absolute atomic E-state index is 10.8. The highest BCUT2D eigenvalue weighted by Gasteiger charge is 2.09. The van der Waals surface area contributed by atoms with Crippen LogP contribution in [0.5, 0.6) is 11.5 Å². The average molecular weight is 277 g/mol. The minimum absolute atomic E-state index is 0.414. The van der Waals surface area contributed by atoms with E-state index < -0.39 is 0 Å². The van der Waals surface area contributed by atoms with Crippen LogP contribution in [-0.2, 0) is 0 Å². The van der Waals surface area contributed by atoms with Crippen LogP contribution in [0.4, 0.5) is 0 Å². The molecule has 0 amide bonds. The number of benzene rings is 2. The van der Waals surface area contributed by atoms with Crippen LogP contribution in [0.1, 0.15) is 10.4 Å². The van der Waals surface area contributed by atoms with Crippen molar-refractivity contribution in [3.05, 3.63) is 47.0 Å². The van der Waals surface area contributed by atoms with Crippen LogP contribution in [0.15, 0.2) is 36.4 Å². The van der Waals surface area contributed by atoms with Crippen molar-refractivity contribution in [3.63, 3.8) is 0 Å². The van der Waals surface area contributed by atoms with Gasteiger partial charge in [0.25, 0.3) is 0 Å². The minimum atomic E-state index is 0.414. The predicted molar refractivity (Wildman–Crippen MR) is 75.4 cm³/mol. The van der Waals surface area contributed by atoms with Gasteiger partial charge in [0.15, 0.2) is 6.29 Å². The molecule has 0 N–H and O–H groups in total. The number of halogens is 1. The molecule has 0 aliphatic heterocycles. The van der Waals surface area contributed by atoms with Crippen molar-refractivity contribution in [2.75, 3.05) is 14.2 Å². The summed E-state index contributed by atoms with van der Waals surface area (Å²) in [6.07, 6.45) is 0.731. The molecule has 0 aromatic heterocycles. The lowest BCUT2D eigenvalue weighted by Crippen LogP contribution is -1.91. The molecule has 0 aliphatic rings. The summed E-state index contributed by atoms with van der Waals surface area (Å²) in [7, 11) is 3.21. The van der Waals surface area contributed by atoms with Gasteiger partial charge in [0.05, 0.1) is 19.2 Å². The van der Waals surface area contributed by atoms with Gasteiger partial charge in [-0.25, -0.2) is 0 Å². The Morgan fingerprint density at radius 3 is 2.42 bits per heavy atom. The smallest absolute Gasteiger partial charge is 0.151 e. The second-order valence-corrected chi connectivity index (χ2v) is 4.33. The van der Waals surface area contributed by atoms with E-state index in [1.54, 1.807) is 26.4 Å². The van der Waals surface area contributed by atoms with Crippen LogP contribution >= 0.6 is 11.6 Å². The number of methoxy groups -OCH3 is 2. The second kappa shape index (κ2) is 5.76. The summed E-state index contributed by atoms with van der Waals surface area (Å²) >= 11 is 6.05. The van der Waals surface area contributed by atoms with E-state index in [1.807, 2.05) is 24.3 Å². The number of hydrogen-bond acceptors (Lipinski definition) is 3. The standard InChI is InChI=1S/C15H13ClO3/c1-18-12-5-6-15(19-2)13(8-12)10-3-4-11(9-17)14(16)7-10/h3-9H,1-2H3. The molecule has 2 rings (SSSR count). The SMILES string of the molecule is COc1ccc(OC)c(-c2ccc(C=O)c(Cl)c2)c1. The summed E-state index contributed by atoms with van der Waals surface area (Å²) < 4.78 is 10.5. The van der Waals surface area contributed by atoms with Crippen molar-refractivity contribution in [2.24, 2.45) is 0 Å². The number of rotatable bonds is 4. The molecule has 0 atom stereocenters. The van der Waals surface area contributed by atoms with Crippen LogP contribution < -0.4 is 9.47 Å². The predicted octanol–water partition coefficient (Wildman–Crippen LogP) is 3.84. The first-order valence-corrected chi connectivity index (χ1v) is 6.04. The number of ether oxygens (including phenoxy) is 2. The Balaban J connectivity index is 2.56. The summed E-state index contributed by atoms with van der Waals surface area (Å²) in [4.78, 5) is 10.8. The van der Waals surface area contributed by atoms with Gasteiger partial charge in [-0.2, -0.15) is 0 Å². The molecule has 0 unspecified atom stereocenters. The van der Waals surface area contributed by atoms with Crippen molar-refractivity contribution in [1.82, 2.24) is 0 Å². The first-order chi connectivity index (χ1) is 9.19. The van der Waals surface area contributed by atoms with Crippen LogP contribution in [-0.4, -0.2) is 20.5 Å². The number of carbonyl (C=O) groups is 1. The lowest BCUT2D eigenvalue weighted by atomic mass is 10.0. The van der Waals surface area contributed by atoms with Gasteiger partial charge in [-0.1, -0.05) is 17.7 Å². The van der Waals surface area contributed by atoms with Gasteiger partial charge >= 0.3 is 0 Å². The minimum Gasteiger partial charge on any atom is -0.497 e. The largest absolute Gasteiger partial charge is 0.497 e. The second-order valence-electron chi connectivity index (χ2n) is 3.92. The van der Waals surface area contributed by atoms with Gasteiger partial charge in [0.2, 0.25) is 0 Å². The summed E-state index contributed by atoms with van der Waals surface area (Å²) in [6.45, 7) is 0. The molecule has 0 spiro atoms. The Labute approximate surface area is 116 Å². The first-order valence-electron chi connectivity index (χ1n) is 5.66. The molecule has 0 fully saturated rings. The highest BCUT2D eigenvalue weighted by atomic mass is 35.5. The van der Waals surface area contributed by atoms with Gasteiger partial charge in [0, 0.05) is 11.1 Å². The highest BCUT2D eigenvalue weighted by molar-refractivity contribution is 6.33. The molecule has 0 saturated carbocycles. The molecule has 0 heterocycles. The molecule has 19 heavy (non-hydrogen) atoms. The van der Waals surface area contributed by atoms with Crippen LogP contribution in [0, 0.1) is 0 Å². The Hall–Kier alpha value is -2.00. The van der Waals surface area contributed by atoms with E-state index >= 15 is 0 Å². The average Bonchev–Trinajstić information content (AvgIpc) is 2.46. The van der Waals surface area contributed by atoms with E-state index in [9.17, 15) is 4.79 Å². The van der Waals surface area contributed by atoms with Crippen LogP contribution in [0.25, 0.3) is 11.1 Å². The Morgan fingerprint density at radius 1 is 1.05 bits per heavy atom. The fraction of sp³-hybridized carbons (Fsp3) is 0.133. The third-order valence-corrected chi connectivity index (χ3v) is 3.17. The lowest BCUT2D eigenvalue weighted by Gasteiger charge is -2.11. The molecule has 4 heteroatoms. The number of hydrogen-bond donors (Lipinski definition) is 0. The van der Waals surface area contributed by atoms with E-state index in [0.29, 0.717) is 10.6 Å². The monoisotopic (exact) mass is 276 g/mol. The zero-order chi connectivity index (χ0) is 13.8. The topological polar surface area (TPSA) is 35.5 Å². The lowest BCUT2D eigenvalue weighted by molar-refractivity contribution is 0.112. The quantitative estimate of drug-likeness (QED) is 0.796. The van der Waals surface area contributed by atoms with Gasteiger partial charge in [-0.3, -0.25) is 4.79 Å². The Morgan fingerprint density at radius 2 is 1.84 bits per heavy atom. The summed E-state index contributed by atoms with van der Waals surface area (Å²) in [5, 5.41) is 0.414. The van der Waals surface area contributed by atoms with Gasteiger partial charge in [-0.15, -0.1) is 0 Å². The van der Waals surface area contributed by atoms with E-state index in [-0.39, 0.29) is 0 Å². The Bertz CT molecular complexity index is 608. The van der Waals surface area contributed by atoms with Crippen molar-refractivity contribution in [3.8, 4) is 22.6 Å². The van der Waals surface area contributed by atoms with Crippen molar-refractivity contribution in [1.29, 1.82) is 0 Å². The maximum atomic E-state index is 10.8. The fourth-order valence-electron chi connectivity index (χ4n) is 1.83. The summed E-state index contributed by atoms with van der Waals surface area (Å²) in [5.74, 6) is 1.45. The van der Waals surface area contributed by atoms with E-state index in [1.165, 1.54) is 0 Å². The molecule has 0 aliphatic carbocycles. The molecule has 98 valence electrons. The molecule has 3 nitrogen and oxygen atoms in total. The van der Waals surface area contributed by atoms with Crippen molar-refractivity contribution in [2.45, 2.75) is 0 Å². The van der Waals surface area contributed by atoms with Gasteiger partial charge in [-0.05, 0) is 35.9 Å². The molecular weight excluding hydrogens is 264 g/mol. The van der Waals surface area contributed by atoms with Gasteiger partial charge < -0.3 is 9.47 Å². The fourth-order valence-corrected chi connectivity index (χ4v) is 2.05. The Kier molecular flexibility index (Phi) is 4.07. The normalized spacial score (nSPS) is 10.1.